The number of halogens is 1. The summed E-state index contributed by atoms with van der Waals surface area (Å²) in [5.41, 5.74) is 2.04. The van der Waals surface area contributed by atoms with Gasteiger partial charge in [0.1, 0.15) is 0 Å². The molecule has 5 heteroatoms. The Morgan fingerprint density at radius 1 is 1.37 bits per heavy atom. The minimum absolute atomic E-state index is 0. The summed E-state index contributed by atoms with van der Waals surface area (Å²) in [7, 11) is 0. The third-order valence-corrected chi connectivity index (χ3v) is 3.54. The van der Waals surface area contributed by atoms with Crippen molar-refractivity contribution in [2.45, 2.75) is 20.4 Å². The summed E-state index contributed by atoms with van der Waals surface area (Å²) in [4.78, 5) is 12.0. The molecule has 0 aliphatic rings. The predicted molar refractivity (Wildman–Crippen MR) is 87.2 cm³/mol. The van der Waals surface area contributed by atoms with Gasteiger partial charge in [0.05, 0.1) is 0 Å². The average molecular weight is 303 g/mol. The van der Waals surface area contributed by atoms with Crippen LogP contribution in [0.25, 0.3) is 0 Å². The molecule has 1 atom stereocenters. The maximum Gasteiger partial charge on any atom is 0.228 e. The fourth-order valence-corrected chi connectivity index (χ4v) is 2.29. The third-order valence-electron chi connectivity index (χ3n) is 2.70. The van der Waals surface area contributed by atoms with E-state index >= 15 is 0 Å². The van der Waals surface area contributed by atoms with Crippen LogP contribution in [-0.4, -0.2) is 24.5 Å². The van der Waals surface area contributed by atoms with Gasteiger partial charge in [-0.25, -0.2) is 0 Å². The van der Waals surface area contributed by atoms with Crippen molar-refractivity contribution in [3.63, 3.8) is 0 Å². The molecule has 1 rings (SSSR count). The van der Waals surface area contributed by atoms with Crippen molar-refractivity contribution < 1.29 is 4.79 Å². The van der Waals surface area contributed by atoms with Gasteiger partial charge < -0.3 is 10.6 Å². The Morgan fingerprint density at radius 3 is 2.68 bits per heavy atom. The van der Waals surface area contributed by atoms with E-state index in [1.807, 2.05) is 37.4 Å². The molecule has 0 heterocycles. The highest BCUT2D eigenvalue weighted by atomic mass is 35.5. The molecule has 0 aliphatic heterocycles. The summed E-state index contributed by atoms with van der Waals surface area (Å²) in [6.07, 6.45) is 2.02. The Kier molecular flexibility index (Phi) is 9.74. The molecule has 0 radical (unpaired) electrons. The van der Waals surface area contributed by atoms with Crippen LogP contribution in [0.3, 0.4) is 0 Å². The summed E-state index contributed by atoms with van der Waals surface area (Å²) in [5.74, 6) is 0.974. The fourth-order valence-electron chi connectivity index (χ4n) is 1.64. The van der Waals surface area contributed by atoms with Gasteiger partial charge in [-0.2, -0.15) is 11.8 Å². The Hall–Kier alpha value is -0.710. The molecular weight excluding hydrogens is 280 g/mol. The van der Waals surface area contributed by atoms with Gasteiger partial charge in [0, 0.05) is 23.9 Å². The standard InChI is InChI=1S/C14H22N2OS.ClH/c1-4-15-9-12-7-5-6-8-13(12)16-14(17)11(2)10-18-3;/h5-8,11,15H,4,9-10H2,1-3H3,(H,16,17);1H. The molecule has 0 fully saturated rings. The van der Waals surface area contributed by atoms with Crippen molar-refractivity contribution in [3.05, 3.63) is 29.8 Å². The van der Waals surface area contributed by atoms with Gasteiger partial charge in [0.2, 0.25) is 5.91 Å². The molecule has 1 unspecified atom stereocenters. The number of thioether (sulfide) groups is 1. The molecule has 0 aliphatic carbocycles. The van der Waals surface area contributed by atoms with Crippen LogP contribution < -0.4 is 10.6 Å². The number of para-hydroxylation sites is 1. The van der Waals surface area contributed by atoms with Crippen LogP contribution in [0.15, 0.2) is 24.3 Å². The summed E-state index contributed by atoms with van der Waals surface area (Å²) in [6, 6.07) is 7.94. The maximum absolute atomic E-state index is 12.0. The average Bonchev–Trinajstić information content (AvgIpc) is 2.38. The van der Waals surface area contributed by atoms with Crippen LogP contribution >= 0.6 is 24.2 Å². The number of anilines is 1. The van der Waals surface area contributed by atoms with Crippen molar-refractivity contribution in [3.8, 4) is 0 Å². The number of carbonyl (C=O) groups excluding carboxylic acids is 1. The zero-order valence-electron chi connectivity index (χ0n) is 11.7. The van der Waals surface area contributed by atoms with E-state index in [9.17, 15) is 4.79 Å². The molecule has 1 amide bonds. The number of hydrogen-bond donors (Lipinski definition) is 2. The molecule has 0 saturated carbocycles. The van der Waals surface area contributed by atoms with Gasteiger partial charge in [-0.15, -0.1) is 12.4 Å². The lowest BCUT2D eigenvalue weighted by molar-refractivity contribution is -0.118. The van der Waals surface area contributed by atoms with E-state index in [0.29, 0.717) is 0 Å². The molecule has 3 nitrogen and oxygen atoms in total. The first-order chi connectivity index (χ1) is 8.69. The lowest BCUT2D eigenvalue weighted by atomic mass is 10.1. The Labute approximate surface area is 126 Å². The molecule has 0 spiro atoms. The molecule has 19 heavy (non-hydrogen) atoms. The van der Waals surface area contributed by atoms with Crippen molar-refractivity contribution >= 4 is 35.8 Å². The molecule has 1 aromatic carbocycles. The van der Waals surface area contributed by atoms with Crippen LogP contribution in [-0.2, 0) is 11.3 Å². The van der Waals surface area contributed by atoms with E-state index in [1.54, 1.807) is 11.8 Å². The van der Waals surface area contributed by atoms with E-state index < -0.39 is 0 Å². The highest BCUT2D eigenvalue weighted by Crippen LogP contribution is 2.16. The number of benzene rings is 1. The zero-order chi connectivity index (χ0) is 13.4. The van der Waals surface area contributed by atoms with E-state index in [1.165, 1.54) is 0 Å². The predicted octanol–water partition coefficient (Wildman–Crippen LogP) is 3.16. The summed E-state index contributed by atoms with van der Waals surface area (Å²) >= 11 is 1.69. The second-order valence-electron chi connectivity index (χ2n) is 4.28. The molecule has 108 valence electrons. The molecule has 0 aromatic heterocycles. The Balaban J connectivity index is 0.00000324. The number of amides is 1. The van der Waals surface area contributed by atoms with Crippen LogP contribution in [0.1, 0.15) is 19.4 Å². The Bertz CT molecular complexity index is 387. The van der Waals surface area contributed by atoms with Crippen molar-refractivity contribution in [2.75, 3.05) is 23.9 Å². The summed E-state index contributed by atoms with van der Waals surface area (Å²) in [5, 5.41) is 6.29. The van der Waals surface area contributed by atoms with Gasteiger partial charge in [0.15, 0.2) is 0 Å². The minimum Gasteiger partial charge on any atom is -0.326 e. The molecular formula is C14H23ClN2OS. The first kappa shape index (κ1) is 18.3. The van der Waals surface area contributed by atoms with E-state index in [0.717, 1.165) is 30.1 Å². The van der Waals surface area contributed by atoms with Gasteiger partial charge in [0.25, 0.3) is 0 Å². The van der Waals surface area contributed by atoms with Crippen molar-refractivity contribution in [2.24, 2.45) is 5.92 Å². The van der Waals surface area contributed by atoms with E-state index in [-0.39, 0.29) is 24.2 Å². The number of rotatable bonds is 7. The van der Waals surface area contributed by atoms with Crippen LogP contribution in [0.5, 0.6) is 0 Å². The van der Waals surface area contributed by atoms with Gasteiger partial charge in [-0.3, -0.25) is 4.79 Å². The van der Waals surface area contributed by atoms with Crippen LogP contribution in [0.2, 0.25) is 0 Å². The van der Waals surface area contributed by atoms with E-state index in [2.05, 4.69) is 17.6 Å². The van der Waals surface area contributed by atoms with Crippen molar-refractivity contribution in [1.82, 2.24) is 5.32 Å². The van der Waals surface area contributed by atoms with E-state index in [4.69, 9.17) is 0 Å². The maximum atomic E-state index is 12.0. The van der Waals surface area contributed by atoms with Gasteiger partial charge >= 0.3 is 0 Å². The van der Waals surface area contributed by atoms with Gasteiger partial charge in [-0.1, -0.05) is 32.0 Å². The fraction of sp³-hybridized carbons (Fsp3) is 0.500. The monoisotopic (exact) mass is 302 g/mol. The second-order valence-corrected chi connectivity index (χ2v) is 5.19. The van der Waals surface area contributed by atoms with Gasteiger partial charge in [-0.05, 0) is 24.4 Å². The minimum atomic E-state index is 0. The summed E-state index contributed by atoms with van der Waals surface area (Å²) in [6.45, 7) is 5.73. The quantitative estimate of drug-likeness (QED) is 0.813. The smallest absolute Gasteiger partial charge is 0.228 e. The lowest BCUT2D eigenvalue weighted by Gasteiger charge is -2.14. The lowest BCUT2D eigenvalue weighted by Crippen LogP contribution is -2.23. The number of nitrogens with one attached hydrogen (secondary N) is 2. The SMILES string of the molecule is CCNCc1ccccc1NC(=O)C(C)CSC.Cl. The zero-order valence-corrected chi connectivity index (χ0v) is 13.4. The first-order valence-electron chi connectivity index (χ1n) is 6.27. The number of carbonyl (C=O) groups is 1. The topological polar surface area (TPSA) is 41.1 Å². The molecule has 0 saturated heterocycles. The second kappa shape index (κ2) is 10.1. The number of hydrogen-bond acceptors (Lipinski definition) is 3. The highest BCUT2D eigenvalue weighted by Gasteiger charge is 2.13. The molecule has 2 N–H and O–H groups in total. The Morgan fingerprint density at radius 2 is 2.05 bits per heavy atom. The summed E-state index contributed by atoms with van der Waals surface area (Å²) < 4.78 is 0. The van der Waals surface area contributed by atoms with Crippen LogP contribution in [0, 0.1) is 5.92 Å². The normalized spacial score (nSPS) is 11.5. The van der Waals surface area contributed by atoms with Crippen LogP contribution in [0.4, 0.5) is 5.69 Å². The first-order valence-corrected chi connectivity index (χ1v) is 7.66. The largest absolute Gasteiger partial charge is 0.326 e. The molecule has 0 bridgehead atoms. The highest BCUT2D eigenvalue weighted by molar-refractivity contribution is 7.98. The molecule has 1 aromatic rings. The van der Waals surface area contributed by atoms with Crippen molar-refractivity contribution in [1.29, 1.82) is 0 Å². The third kappa shape index (κ3) is 6.32.